The minimum Gasteiger partial charge on any atom is -0.473 e. The molecule has 1 aromatic carbocycles. The van der Waals surface area contributed by atoms with Gasteiger partial charge >= 0.3 is 5.97 Å². The average molecular weight is 312 g/mol. The second-order valence-corrected chi connectivity index (χ2v) is 5.47. The summed E-state index contributed by atoms with van der Waals surface area (Å²) >= 11 is 0. The molecule has 5 nitrogen and oxygen atoms in total. The van der Waals surface area contributed by atoms with Crippen LogP contribution in [0.15, 0.2) is 48.6 Å². The van der Waals surface area contributed by atoms with E-state index < -0.39 is 17.5 Å². The highest BCUT2D eigenvalue weighted by atomic mass is 16.6. The number of hydrogen-bond acceptors (Lipinski definition) is 5. The van der Waals surface area contributed by atoms with Crippen molar-refractivity contribution >= 4 is 23.3 Å². The zero-order valence-electron chi connectivity index (χ0n) is 12.7. The molecular formula is C18H16O5. The van der Waals surface area contributed by atoms with Crippen molar-refractivity contribution in [3.63, 3.8) is 0 Å². The minimum absolute atomic E-state index is 0.146. The Kier molecular flexibility index (Phi) is 3.86. The van der Waals surface area contributed by atoms with E-state index in [9.17, 15) is 14.4 Å². The van der Waals surface area contributed by atoms with Crippen molar-refractivity contribution in [2.45, 2.75) is 18.9 Å². The van der Waals surface area contributed by atoms with Crippen molar-refractivity contribution in [1.29, 1.82) is 0 Å². The van der Waals surface area contributed by atoms with Crippen LogP contribution in [0.3, 0.4) is 0 Å². The number of benzene rings is 1. The van der Waals surface area contributed by atoms with Crippen LogP contribution in [0.4, 0.5) is 0 Å². The number of carbonyl (C=O) groups excluding carboxylic acids is 3. The normalized spacial score (nSPS) is 26.1. The predicted octanol–water partition coefficient (Wildman–Crippen LogP) is 2.07. The van der Waals surface area contributed by atoms with Gasteiger partial charge in [0, 0.05) is 11.6 Å². The number of ether oxygens (including phenoxy) is 2. The monoisotopic (exact) mass is 312 g/mol. The Morgan fingerprint density at radius 2 is 2.04 bits per heavy atom. The lowest BCUT2D eigenvalue weighted by Gasteiger charge is -2.40. The van der Waals surface area contributed by atoms with E-state index in [4.69, 9.17) is 9.47 Å². The second kappa shape index (κ2) is 5.83. The van der Waals surface area contributed by atoms with Crippen LogP contribution >= 0.6 is 0 Å². The van der Waals surface area contributed by atoms with Gasteiger partial charge in [0.25, 0.3) is 0 Å². The third-order valence-electron chi connectivity index (χ3n) is 3.97. The van der Waals surface area contributed by atoms with Gasteiger partial charge in [-0.2, -0.15) is 0 Å². The van der Waals surface area contributed by atoms with Gasteiger partial charge in [-0.3, -0.25) is 9.59 Å². The highest BCUT2D eigenvalue weighted by molar-refractivity contribution is 6.09. The molecule has 0 saturated heterocycles. The number of carbonyl (C=O) groups is 3. The summed E-state index contributed by atoms with van der Waals surface area (Å²) in [7, 11) is 0. The van der Waals surface area contributed by atoms with E-state index in [1.54, 1.807) is 31.2 Å². The zero-order chi connectivity index (χ0) is 16.4. The van der Waals surface area contributed by atoms with E-state index in [0.717, 1.165) is 0 Å². The molecule has 0 bridgehead atoms. The van der Waals surface area contributed by atoms with Gasteiger partial charge in [0.1, 0.15) is 5.76 Å². The molecule has 5 heteroatoms. The van der Waals surface area contributed by atoms with Gasteiger partial charge < -0.3 is 9.47 Å². The largest absolute Gasteiger partial charge is 0.473 e. The molecule has 1 heterocycles. The van der Waals surface area contributed by atoms with Crippen LogP contribution in [0.25, 0.3) is 5.76 Å². The fraction of sp³-hybridized carbons (Fsp3) is 0.278. The maximum absolute atomic E-state index is 12.5. The SMILES string of the molecule is CCOC(=O)[C@]12CC(=O)C=C[C@H]1C(=O)C=C(c1ccccc1)O2. The van der Waals surface area contributed by atoms with Gasteiger partial charge in [-0.25, -0.2) is 4.79 Å². The van der Waals surface area contributed by atoms with E-state index in [1.165, 1.54) is 18.2 Å². The molecule has 0 aromatic heterocycles. The van der Waals surface area contributed by atoms with Crippen molar-refractivity contribution in [3.8, 4) is 0 Å². The smallest absolute Gasteiger partial charge is 0.352 e. The van der Waals surface area contributed by atoms with Gasteiger partial charge in [0.15, 0.2) is 11.6 Å². The Hall–Kier alpha value is -2.69. The summed E-state index contributed by atoms with van der Waals surface area (Å²) in [6.45, 7) is 1.82. The first kappa shape index (κ1) is 15.2. The van der Waals surface area contributed by atoms with Gasteiger partial charge in [0.05, 0.1) is 18.9 Å². The maximum Gasteiger partial charge on any atom is 0.352 e. The maximum atomic E-state index is 12.5. The van der Waals surface area contributed by atoms with Gasteiger partial charge in [0.2, 0.25) is 5.60 Å². The van der Waals surface area contributed by atoms with E-state index in [0.29, 0.717) is 5.56 Å². The Balaban J connectivity index is 2.07. The minimum atomic E-state index is -1.61. The van der Waals surface area contributed by atoms with E-state index in [-0.39, 0.29) is 30.4 Å². The zero-order valence-corrected chi connectivity index (χ0v) is 12.7. The fourth-order valence-corrected chi connectivity index (χ4v) is 2.89. The molecule has 0 amide bonds. The predicted molar refractivity (Wildman–Crippen MR) is 82.1 cm³/mol. The number of ketones is 2. The fourth-order valence-electron chi connectivity index (χ4n) is 2.89. The average Bonchev–Trinajstić information content (AvgIpc) is 2.55. The lowest BCUT2D eigenvalue weighted by Crippen LogP contribution is -2.55. The number of allylic oxidation sites excluding steroid dienone is 2. The highest BCUT2D eigenvalue weighted by Crippen LogP contribution is 2.41. The molecular weight excluding hydrogens is 296 g/mol. The summed E-state index contributed by atoms with van der Waals surface area (Å²) in [4.78, 5) is 36.9. The summed E-state index contributed by atoms with van der Waals surface area (Å²) in [6, 6.07) is 9.00. The van der Waals surface area contributed by atoms with E-state index in [2.05, 4.69) is 0 Å². The van der Waals surface area contributed by atoms with Gasteiger partial charge in [-0.1, -0.05) is 36.4 Å². The van der Waals surface area contributed by atoms with Crippen molar-refractivity contribution in [2.24, 2.45) is 5.92 Å². The van der Waals surface area contributed by atoms with Crippen LogP contribution in [-0.2, 0) is 23.9 Å². The molecule has 1 aliphatic carbocycles. The standard InChI is InChI=1S/C18H16O5/c1-2-22-17(21)18-11-13(19)8-9-14(18)15(20)10-16(23-18)12-6-4-3-5-7-12/h3-10,14H,2,11H2,1H3/t14-,18-/m0/s1. The van der Waals surface area contributed by atoms with Crippen LogP contribution < -0.4 is 0 Å². The summed E-state index contributed by atoms with van der Waals surface area (Å²) in [5, 5.41) is 0. The van der Waals surface area contributed by atoms with Crippen molar-refractivity contribution in [1.82, 2.24) is 0 Å². The topological polar surface area (TPSA) is 69.7 Å². The molecule has 0 unspecified atom stereocenters. The Morgan fingerprint density at radius 1 is 1.30 bits per heavy atom. The third-order valence-corrected chi connectivity index (χ3v) is 3.97. The van der Waals surface area contributed by atoms with Crippen LogP contribution in [0.1, 0.15) is 18.9 Å². The van der Waals surface area contributed by atoms with Crippen molar-refractivity contribution in [3.05, 3.63) is 54.1 Å². The van der Waals surface area contributed by atoms with Crippen molar-refractivity contribution in [2.75, 3.05) is 6.61 Å². The number of fused-ring (bicyclic) bond motifs is 1. The highest BCUT2D eigenvalue weighted by Gasteiger charge is 2.56. The number of hydrogen-bond donors (Lipinski definition) is 0. The first-order chi connectivity index (χ1) is 11.1. The molecule has 1 aromatic rings. The third kappa shape index (κ3) is 2.59. The molecule has 0 N–H and O–H groups in total. The van der Waals surface area contributed by atoms with Gasteiger partial charge in [-0.15, -0.1) is 0 Å². The van der Waals surface area contributed by atoms with E-state index in [1.807, 2.05) is 6.07 Å². The molecule has 3 rings (SSSR count). The lowest BCUT2D eigenvalue weighted by atomic mass is 9.74. The van der Waals surface area contributed by atoms with Crippen molar-refractivity contribution < 1.29 is 23.9 Å². The summed E-state index contributed by atoms with van der Waals surface area (Å²) < 4.78 is 11.0. The van der Waals surface area contributed by atoms with Gasteiger partial charge in [-0.05, 0) is 13.0 Å². The first-order valence-corrected chi connectivity index (χ1v) is 7.45. The number of esters is 1. The second-order valence-electron chi connectivity index (χ2n) is 5.47. The Labute approximate surface area is 133 Å². The first-order valence-electron chi connectivity index (χ1n) is 7.45. The molecule has 0 fully saturated rings. The molecule has 2 atom stereocenters. The Bertz CT molecular complexity index is 716. The summed E-state index contributed by atoms with van der Waals surface area (Å²) in [6.07, 6.45) is 3.93. The van der Waals surface area contributed by atoms with E-state index >= 15 is 0 Å². The van der Waals surface area contributed by atoms with Crippen LogP contribution in [-0.4, -0.2) is 29.7 Å². The van der Waals surface area contributed by atoms with Crippen LogP contribution in [0, 0.1) is 5.92 Å². The van der Waals surface area contributed by atoms with Crippen LogP contribution in [0.2, 0.25) is 0 Å². The lowest BCUT2D eigenvalue weighted by molar-refractivity contribution is -0.174. The number of rotatable bonds is 3. The van der Waals surface area contributed by atoms with Crippen LogP contribution in [0.5, 0.6) is 0 Å². The quantitative estimate of drug-likeness (QED) is 0.799. The molecule has 2 aliphatic rings. The molecule has 1 aliphatic heterocycles. The summed E-state index contributed by atoms with van der Waals surface area (Å²) in [5.74, 6) is -1.78. The molecule has 0 radical (unpaired) electrons. The molecule has 118 valence electrons. The molecule has 0 saturated carbocycles. The summed E-state index contributed by atoms with van der Waals surface area (Å²) in [5.41, 5.74) is -0.941. The molecule has 23 heavy (non-hydrogen) atoms. The molecule has 0 spiro atoms. The Morgan fingerprint density at radius 3 is 2.74 bits per heavy atom.